The molecule has 0 radical (unpaired) electrons. The number of aliphatic hydroxyl groups excluding tert-OH is 4. The third kappa shape index (κ3) is 8.08. The molecular formula is C40H56N2O7. The number of ketones is 1. The molecule has 1 aromatic carbocycles. The summed E-state index contributed by atoms with van der Waals surface area (Å²) in [6.45, 7) is 11.1. The number of hydrogen-bond acceptors (Lipinski definition) is 8. The smallest absolute Gasteiger partial charge is 0.225 e. The van der Waals surface area contributed by atoms with Crippen LogP contribution in [0.2, 0.25) is 0 Å². The Bertz CT molecular complexity index is 1530. The second kappa shape index (κ2) is 16.2. The van der Waals surface area contributed by atoms with Crippen molar-refractivity contribution in [3.05, 3.63) is 93.6 Å². The zero-order chi connectivity index (χ0) is 36.1. The Morgan fingerprint density at radius 1 is 1.20 bits per heavy atom. The number of nitrogens with two attached hydrogens (primary N) is 1. The van der Waals surface area contributed by atoms with E-state index in [9.17, 15) is 35.1 Å². The van der Waals surface area contributed by atoms with Crippen molar-refractivity contribution >= 4 is 11.7 Å². The molecule has 3 aliphatic rings. The van der Waals surface area contributed by atoms with Gasteiger partial charge >= 0.3 is 0 Å². The summed E-state index contributed by atoms with van der Waals surface area (Å²) in [5.74, 6) is -1.10. The van der Waals surface area contributed by atoms with Crippen molar-refractivity contribution in [3.8, 4) is 0 Å². The Kier molecular flexibility index (Phi) is 12.8. The number of benzene rings is 1. The predicted octanol–water partition coefficient (Wildman–Crippen LogP) is 4.18. The van der Waals surface area contributed by atoms with Gasteiger partial charge in [0.15, 0.2) is 5.78 Å². The second-order valence-electron chi connectivity index (χ2n) is 14.6. The van der Waals surface area contributed by atoms with E-state index in [1.165, 1.54) is 0 Å². The van der Waals surface area contributed by atoms with Crippen molar-refractivity contribution in [1.29, 1.82) is 0 Å². The SMILES string of the molecule is C=C(/C=C/C=C(/CO)[C@H]1CC[C@@]2([C@H](CCCO)/C(=C(\C)C(=O)Cc3cccc4c3CC(=O)N[C@H]4N)CC[C@@]2(C)O)[C@@H]1O)[C@H](O)CC=C(C)C. The highest BCUT2D eigenvalue weighted by molar-refractivity contribution is 5.97. The van der Waals surface area contributed by atoms with Gasteiger partial charge in [-0.3, -0.25) is 9.59 Å². The summed E-state index contributed by atoms with van der Waals surface area (Å²) in [5.41, 5.74) is 9.95. The number of Topliss-reactive ketones (excluding diaryl/α,β-unsaturated/α-hetero) is 1. The third-order valence-electron chi connectivity index (χ3n) is 11.4. The van der Waals surface area contributed by atoms with Gasteiger partial charge in [0.2, 0.25) is 5.91 Å². The molecule has 0 saturated heterocycles. The lowest BCUT2D eigenvalue weighted by molar-refractivity contribution is -0.167. The first kappa shape index (κ1) is 38.6. The van der Waals surface area contributed by atoms with Crippen LogP contribution in [-0.4, -0.2) is 68.2 Å². The van der Waals surface area contributed by atoms with Gasteiger partial charge in [0.25, 0.3) is 0 Å². The molecule has 2 fully saturated rings. The number of hydrogen-bond donors (Lipinski definition) is 7. The van der Waals surface area contributed by atoms with Crippen molar-refractivity contribution in [1.82, 2.24) is 5.32 Å². The summed E-state index contributed by atoms with van der Waals surface area (Å²) in [6.07, 6.45) is 8.19. The predicted molar refractivity (Wildman–Crippen MR) is 191 cm³/mol. The number of rotatable bonds is 13. The minimum atomic E-state index is -1.27. The minimum absolute atomic E-state index is 0.0665. The van der Waals surface area contributed by atoms with Crippen LogP contribution in [-0.2, 0) is 22.4 Å². The summed E-state index contributed by atoms with van der Waals surface area (Å²) in [6, 6.07) is 5.57. The Balaban J connectivity index is 1.66. The standard InChI is InChI=1S/C40H56N2O7/c1-24(2)14-15-34(45)25(3)9-6-11-28(23-44)30-17-19-40(37(30)48)33(13-8-20-43)29(16-18-39(40,5)49)26(4)35(46)21-27-10-7-12-31-32(27)22-36(47)42-38(31)41/h6-7,9-12,14,30,33-34,37-38,43-45,48-49H,3,8,13,15-23,41H2,1-2,4-5H3,(H,42,47)/b9-6+,28-11-,29-26+/t30-,33-,34-,37-,38-,39-,40-/m1/s1. The first-order valence-corrected chi connectivity index (χ1v) is 17.6. The number of carbonyl (C=O) groups excluding carboxylic acids is 2. The van der Waals surface area contributed by atoms with Gasteiger partial charge in [-0.05, 0) is 112 Å². The summed E-state index contributed by atoms with van der Waals surface area (Å²) in [4.78, 5) is 26.3. The zero-order valence-electron chi connectivity index (χ0n) is 29.5. The molecule has 2 saturated carbocycles. The van der Waals surface area contributed by atoms with Crippen molar-refractivity contribution in [2.24, 2.45) is 23.0 Å². The number of allylic oxidation sites excluding steroid dienone is 5. The molecule has 8 N–H and O–H groups in total. The minimum Gasteiger partial charge on any atom is -0.396 e. The number of nitrogens with one attached hydrogen (secondary N) is 1. The van der Waals surface area contributed by atoms with Crippen molar-refractivity contribution < 1.29 is 35.1 Å². The Hall–Kier alpha value is -3.18. The van der Waals surface area contributed by atoms with Gasteiger partial charge in [0, 0.05) is 24.4 Å². The average molecular weight is 677 g/mol. The molecule has 2 aliphatic carbocycles. The maximum absolute atomic E-state index is 14.0. The highest BCUT2D eigenvalue weighted by Gasteiger charge is 2.64. The number of aliphatic hydroxyl groups is 5. The fourth-order valence-corrected chi connectivity index (χ4v) is 8.54. The first-order chi connectivity index (χ1) is 23.2. The lowest BCUT2D eigenvalue weighted by Crippen LogP contribution is -2.59. The Morgan fingerprint density at radius 3 is 2.61 bits per heavy atom. The van der Waals surface area contributed by atoms with Gasteiger partial charge in [0.1, 0.15) is 6.17 Å². The van der Waals surface area contributed by atoms with Crippen molar-refractivity contribution in [3.63, 3.8) is 0 Å². The Labute approximate surface area is 291 Å². The van der Waals surface area contributed by atoms with Crippen LogP contribution >= 0.6 is 0 Å². The first-order valence-electron chi connectivity index (χ1n) is 17.6. The van der Waals surface area contributed by atoms with Gasteiger partial charge in [-0.2, -0.15) is 0 Å². The fraction of sp³-hybridized carbons (Fsp3) is 0.550. The molecule has 1 spiro atoms. The van der Waals surface area contributed by atoms with Crippen LogP contribution in [0.25, 0.3) is 0 Å². The molecule has 1 aliphatic heterocycles. The van der Waals surface area contributed by atoms with E-state index in [1.807, 2.05) is 45.0 Å². The van der Waals surface area contributed by atoms with Gasteiger partial charge in [-0.1, -0.05) is 60.2 Å². The molecule has 7 atom stereocenters. The van der Waals surface area contributed by atoms with Gasteiger partial charge < -0.3 is 36.6 Å². The topological polar surface area (TPSA) is 173 Å². The van der Waals surface area contributed by atoms with E-state index < -0.39 is 35.3 Å². The lowest BCUT2D eigenvalue weighted by Gasteiger charge is -2.55. The zero-order valence-corrected chi connectivity index (χ0v) is 29.5. The number of carbonyl (C=O) groups is 2. The maximum atomic E-state index is 14.0. The van der Waals surface area contributed by atoms with Gasteiger partial charge in [-0.15, -0.1) is 0 Å². The van der Waals surface area contributed by atoms with Crippen molar-refractivity contribution in [2.75, 3.05) is 13.2 Å². The van der Waals surface area contributed by atoms with Crippen LogP contribution < -0.4 is 11.1 Å². The summed E-state index contributed by atoms with van der Waals surface area (Å²) < 4.78 is 0. The van der Waals surface area contributed by atoms with Crippen LogP contribution in [0.1, 0.15) is 95.5 Å². The van der Waals surface area contributed by atoms with Crippen LogP contribution in [0.4, 0.5) is 0 Å². The molecule has 9 heteroatoms. The molecule has 0 bridgehead atoms. The number of amides is 1. The van der Waals surface area contributed by atoms with E-state index in [0.29, 0.717) is 61.7 Å². The highest BCUT2D eigenvalue weighted by atomic mass is 16.3. The van der Waals surface area contributed by atoms with Crippen LogP contribution in [0, 0.1) is 17.3 Å². The summed E-state index contributed by atoms with van der Waals surface area (Å²) in [7, 11) is 0. The highest BCUT2D eigenvalue weighted by Crippen LogP contribution is 2.63. The Morgan fingerprint density at radius 2 is 1.94 bits per heavy atom. The molecule has 1 aromatic rings. The monoisotopic (exact) mass is 676 g/mol. The molecule has 268 valence electrons. The van der Waals surface area contributed by atoms with E-state index in [-0.39, 0.29) is 43.7 Å². The largest absolute Gasteiger partial charge is 0.396 e. The molecule has 4 rings (SSSR count). The van der Waals surface area contributed by atoms with E-state index >= 15 is 0 Å². The van der Waals surface area contributed by atoms with Gasteiger partial charge in [-0.25, -0.2) is 0 Å². The third-order valence-corrected chi connectivity index (χ3v) is 11.4. The molecular weight excluding hydrogens is 620 g/mol. The quantitative estimate of drug-likeness (QED) is 0.0926. The number of fused-ring (bicyclic) bond motifs is 1. The van der Waals surface area contributed by atoms with Crippen molar-refractivity contribution in [2.45, 2.75) is 109 Å². The fourth-order valence-electron chi connectivity index (χ4n) is 8.54. The second-order valence-corrected chi connectivity index (χ2v) is 14.6. The lowest BCUT2D eigenvalue weighted by atomic mass is 9.52. The van der Waals surface area contributed by atoms with Crippen LogP contribution in [0.3, 0.4) is 0 Å². The van der Waals surface area contributed by atoms with Crippen LogP contribution in [0.15, 0.2) is 76.9 Å². The molecule has 49 heavy (non-hydrogen) atoms. The summed E-state index contributed by atoms with van der Waals surface area (Å²) in [5, 5.41) is 57.8. The molecule has 0 aromatic heterocycles. The average Bonchev–Trinajstić information content (AvgIpc) is 3.40. The normalized spacial score (nSPS) is 30.2. The van der Waals surface area contributed by atoms with E-state index in [4.69, 9.17) is 5.73 Å². The van der Waals surface area contributed by atoms with E-state index in [2.05, 4.69) is 11.9 Å². The van der Waals surface area contributed by atoms with E-state index in [0.717, 1.165) is 27.8 Å². The van der Waals surface area contributed by atoms with Gasteiger partial charge in [0.05, 0.1) is 30.8 Å². The summed E-state index contributed by atoms with van der Waals surface area (Å²) >= 11 is 0. The van der Waals surface area contributed by atoms with E-state index in [1.54, 1.807) is 25.2 Å². The maximum Gasteiger partial charge on any atom is 0.225 e. The molecule has 0 unspecified atom stereocenters. The van der Waals surface area contributed by atoms with Crippen LogP contribution in [0.5, 0.6) is 0 Å². The molecule has 1 heterocycles. The molecule has 1 amide bonds. The molecule has 9 nitrogen and oxygen atoms in total.